The summed E-state index contributed by atoms with van der Waals surface area (Å²) in [4.78, 5) is 54.0. The molecular weight excluding hydrogens is 572 g/mol. The molecule has 38 heavy (non-hydrogen) atoms. The molecule has 2 N–H and O–H groups in total. The summed E-state index contributed by atoms with van der Waals surface area (Å²) in [6.45, 7) is 6.57. The standard InChI is InChI=1S/C27H39BrN2O7Si/c1-17-25(38(3,4)35)22(15-23(32)29-13-7-8-19(29)16-31)37-27(17)20-14-18(28)10-11-21(20)30(26(27)34)12-6-5-9-24(33)36-2/h10-11,14,17,19,22,25,31,35H,5-9,12-13,15-16H2,1-4H3/t17-,19-,22+,25-,27+/m0/s1. The SMILES string of the molecule is COC(=O)CCCCN1C(=O)[C@]2(O[C@H](CC(=O)N3CCC[C@H]3CO)[C@@H]([Si](C)(C)O)[C@@H]2C)c2cc(Br)ccc21. The summed E-state index contributed by atoms with van der Waals surface area (Å²) in [5.74, 6) is -0.944. The number of amides is 2. The molecule has 0 aromatic heterocycles. The number of halogens is 1. The van der Waals surface area contributed by atoms with Crippen LogP contribution in [0.1, 0.15) is 51.0 Å². The first-order valence-corrected chi connectivity index (χ1v) is 17.3. The molecule has 0 aliphatic carbocycles. The van der Waals surface area contributed by atoms with Crippen molar-refractivity contribution in [3.63, 3.8) is 0 Å². The van der Waals surface area contributed by atoms with Crippen LogP contribution in [0.5, 0.6) is 0 Å². The van der Waals surface area contributed by atoms with Gasteiger partial charge in [-0.25, -0.2) is 0 Å². The van der Waals surface area contributed by atoms with Crippen LogP contribution < -0.4 is 4.90 Å². The topological polar surface area (TPSA) is 117 Å². The van der Waals surface area contributed by atoms with Crippen molar-refractivity contribution in [1.82, 2.24) is 4.90 Å². The number of likely N-dealkylation sites (tertiary alicyclic amines) is 1. The lowest BCUT2D eigenvalue weighted by atomic mass is 9.82. The average Bonchev–Trinajstić information content (AvgIpc) is 3.51. The molecule has 1 spiro atoms. The number of nitrogens with zero attached hydrogens (tertiary/aromatic N) is 2. The number of methoxy groups -OCH3 is 1. The van der Waals surface area contributed by atoms with Gasteiger partial charge in [0.2, 0.25) is 5.91 Å². The Labute approximate surface area is 233 Å². The second-order valence-corrected chi connectivity index (χ2v) is 16.2. The van der Waals surface area contributed by atoms with Gasteiger partial charge in [0.05, 0.1) is 38.0 Å². The molecule has 2 fully saturated rings. The first-order chi connectivity index (χ1) is 17.9. The summed E-state index contributed by atoms with van der Waals surface area (Å²) in [6, 6.07) is 5.50. The average molecular weight is 612 g/mol. The molecule has 0 unspecified atom stereocenters. The van der Waals surface area contributed by atoms with E-state index in [1.54, 1.807) is 9.80 Å². The Morgan fingerprint density at radius 2 is 2.03 bits per heavy atom. The Morgan fingerprint density at radius 3 is 2.68 bits per heavy atom. The Hall–Kier alpha value is -1.79. The predicted molar refractivity (Wildman–Crippen MR) is 148 cm³/mol. The van der Waals surface area contributed by atoms with E-state index in [2.05, 4.69) is 15.9 Å². The largest absolute Gasteiger partial charge is 0.469 e. The molecule has 3 aliphatic heterocycles. The summed E-state index contributed by atoms with van der Waals surface area (Å²) < 4.78 is 12.3. The van der Waals surface area contributed by atoms with Crippen molar-refractivity contribution < 1.29 is 33.8 Å². The molecule has 4 rings (SSSR count). The smallest absolute Gasteiger partial charge is 0.305 e. The summed E-state index contributed by atoms with van der Waals surface area (Å²) in [5, 5.41) is 9.73. The van der Waals surface area contributed by atoms with Crippen LogP contribution in [0.2, 0.25) is 18.6 Å². The Morgan fingerprint density at radius 1 is 1.29 bits per heavy atom. The number of esters is 1. The van der Waals surface area contributed by atoms with Gasteiger partial charge in [-0.3, -0.25) is 14.4 Å². The van der Waals surface area contributed by atoms with Crippen LogP contribution in [0.3, 0.4) is 0 Å². The van der Waals surface area contributed by atoms with E-state index in [1.807, 2.05) is 38.2 Å². The number of aliphatic hydroxyl groups is 1. The molecule has 2 saturated heterocycles. The molecule has 2 amide bonds. The van der Waals surface area contributed by atoms with Crippen LogP contribution in [0.4, 0.5) is 5.69 Å². The minimum atomic E-state index is -2.89. The molecule has 0 saturated carbocycles. The van der Waals surface area contributed by atoms with E-state index in [1.165, 1.54) is 7.11 Å². The fourth-order valence-corrected chi connectivity index (χ4v) is 9.67. The highest BCUT2D eigenvalue weighted by molar-refractivity contribution is 9.10. The van der Waals surface area contributed by atoms with Crippen molar-refractivity contribution >= 4 is 47.7 Å². The number of benzene rings is 1. The number of rotatable bonds is 9. The van der Waals surface area contributed by atoms with Gasteiger partial charge in [-0.15, -0.1) is 0 Å². The minimum Gasteiger partial charge on any atom is -0.469 e. The number of carbonyl (C=O) groups excluding carboxylic acids is 3. The zero-order valence-electron chi connectivity index (χ0n) is 22.6. The maximum atomic E-state index is 14.3. The fraction of sp³-hybridized carbons (Fsp3) is 0.667. The van der Waals surface area contributed by atoms with Crippen LogP contribution in [0, 0.1) is 5.92 Å². The quantitative estimate of drug-likeness (QED) is 0.250. The first kappa shape index (κ1) is 29.2. The van der Waals surface area contributed by atoms with E-state index in [9.17, 15) is 24.3 Å². The van der Waals surface area contributed by atoms with Gasteiger partial charge in [-0.05, 0) is 57.0 Å². The molecule has 3 heterocycles. The first-order valence-electron chi connectivity index (χ1n) is 13.4. The molecule has 1 aromatic rings. The molecule has 11 heteroatoms. The van der Waals surface area contributed by atoms with Crippen molar-refractivity contribution in [2.45, 2.75) is 81.8 Å². The Balaban J connectivity index is 1.65. The maximum absolute atomic E-state index is 14.3. The number of anilines is 1. The van der Waals surface area contributed by atoms with Gasteiger partial charge in [0.1, 0.15) is 0 Å². The molecule has 0 bridgehead atoms. The molecule has 1 aromatic carbocycles. The highest BCUT2D eigenvalue weighted by Crippen LogP contribution is 2.60. The van der Waals surface area contributed by atoms with Crippen LogP contribution >= 0.6 is 15.9 Å². The number of fused-ring (bicyclic) bond motifs is 2. The summed E-state index contributed by atoms with van der Waals surface area (Å²) in [6.07, 6.45) is 2.53. The summed E-state index contributed by atoms with van der Waals surface area (Å²) in [7, 11) is -1.53. The predicted octanol–water partition coefficient (Wildman–Crippen LogP) is 3.31. The third-order valence-electron chi connectivity index (χ3n) is 8.47. The van der Waals surface area contributed by atoms with E-state index >= 15 is 0 Å². The number of unbranched alkanes of at least 4 members (excludes halogenated alkanes) is 1. The van der Waals surface area contributed by atoms with Gasteiger partial charge in [0.15, 0.2) is 13.9 Å². The van der Waals surface area contributed by atoms with Crippen molar-refractivity contribution in [2.75, 3.05) is 31.7 Å². The third-order valence-corrected chi connectivity index (χ3v) is 11.5. The molecule has 210 valence electrons. The van der Waals surface area contributed by atoms with E-state index < -0.39 is 20.0 Å². The number of carbonyl (C=O) groups is 3. The van der Waals surface area contributed by atoms with Gasteiger partial charge < -0.3 is 29.2 Å². The van der Waals surface area contributed by atoms with Gasteiger partial charge >= 0.3 is 5.97 Å². The van der Waals surface area contributed by atoms with Gasteiger partial charge in [-0.1, -0.05) is 22.9 Å². The maximum Gasteiger partial charge on any atom is 0.305 e. The van der Waals surface area contributed by atoms with Crippen molar-refractivity contribution in [1.29, 1.82) is 0 Å². The van der Waals surface area contributed by atoms with Crippen molar-refractivity contribution in [2.24, 2.45) is 5.92 Å². The summed E-state index contributed by atoms with van der Waals surface area (Å²) in [5.41, 5.74) is -0.168. The lowest BCUT2D eigenvalue weighted by molar-refractivity contribution is -0.150. The zero-order valence-corrected chi connectivity index (χ0v) is 25.2. The van der Waals surface area contributed by atoms with Crippen LogP contribution in [0.15, 0.2) is 22.7 Å². The molecule has 3 aliphatic rings. The second kappa shape index (κ2) is 11.4. The molecule has 0 radical (unpaired) electrons. The number of hydrogen-bond donors (Lipinski definition) is 2. The van der Waals surface area contributed by atoms with Crippen LogP contribution in [0.25, 0.3) is 0 Å². The van der Waals surface area contributed by atoms with Crippen molar-refractivity contribution in [3.8, 4) is 0 Å². The normalized spacial score (nSPS) is 28.9. The van der Waals surface area contributed by atoms with Crippen LogP contribution in [-0.4, -0.2) is 79.9 Å². The molecule has 5 atom stereocenters. The van der Waals surface area contributed by atoms with Crippen molar-refractivity contribution in [3.05, 3.63) is 28.2 Å². The third kappa shape index (κ3) is 5.20. The molecular formula is C27H39BrN2O7Si. The fourth-order valence-electron chi connectivity index (χ4n) is 6.76. The van der Waals surface area contributed by atoms with Gasteiger partial charge in [0.25, 0.3) is 5.91 Å². The highest BCUT2D eigenvalue weighted by atomic mass is 79.9. The number of aliphatic hydroxyl groups excluding tert-OH is 1. The van der Waals surface area contributed by atoms with E-state index in [4.69, 9.17) is 9.47 Å². The number of hydrogen-bond acceptors (Lipinski definition) is 7. The van der Waals surface area contributed by atoms with E-state index in [0.717, 1.165) is 28.6 Å². The van der Waals surface area contributed by atoms with E-state index in [-0.39, 0.29) is 54.7 Å². The summed E-state index contributed by atoms with van der Waals surface area (Å²) >= 11 is 3.55. The Bertz CT molecular complexity index is 1080. The Kier molecular flexibility index (Phi) is 8.73. The monoisotopic (exact) mass is 610 g/mol. The molecule has 9 nitrogen and oxygen atoms in total. The van der Waals surface area contributed by atoms with E-state index in [0.29, 0.717) is 25.9 Å². The van der Waals surface area contributed by atoms with Crippen LogP contribution in [-0.2, 0) is 29.5 Å². The van der Waals surface area contributed by atoms with Gasteiger partial charge in [0, 0.05) is 41.0 Å². The zero-order chi connectivity index (χ0) is 27.8. The number of ether oxygens (including phenoxy) is 2. The van der Waals surface area contributed by atoms with Gasteiger partial charge in [-0.2, -0.15) is 0 Å². The lowest BCUT2D eigenvalue weighted by Crippen LogP contribution is -2.46. The minimum absolute atomic E-state index is 0.0555. The highest BCUT2D eigenvalue weighted by Gasteiger charge is 2.66. The second-order valence-electron chi connectivity index (χ2n) is 11.3. The lowest BCUT2D eigenvalue weighted by Gasteiger charge is -2.32.